The zero-order valence-corrected chi connectivity index (χ0v) is 23.5. The van der Waals surface area contributed by atoms with E-state index in [-0.39, 0.29) is 44.3 Å². The van der Waals surface area contributed by atoms with E-state index in [4.69, 9.17) is 0 Å². The SMILES string of the molecule is O=C(O)CN(Cc1ccccn1)[C@H]1CCCCC1N(CC(=O)Nc1cc(C(F)(F)F)cc(C(F)(F)F)c1)Cc1ccccn1. The second kappa shape index (κ2) is 14.2. The number of hydrogen-bond acceptors (Lipinski definition) is 6. The standard InChI is InChI=1S/C30H31F6N5O3/c31-29(32,33)20-13-21(30(34,35)36)15-24(14-20)39-27(42)18-40(16-22-7-3-5-11-37-22)25-9-1-2-10-26(25)41(19-28(43)44)17-23-8-4-6-12-38-23/h3-8,11-15,25-26H,1-2,9-10,16-19H2,(H,39,42)(H,43,44)/t25?,26-/m0/s1. The molecular weight excluding hydrogens is 592 g/mol. The maximum absolute atomic E-state index is 13.4. The second-order valence-corrected chi connectivity index (χ2v) is 10.6. The van der Waals surface area contributed by atoms with E-state index < -0.39 is 41.0 Å². The molecule has 0 radical (unpaired) electrons. The number of carboxylic acids is 1. The average Bonchev–Trinajstić information content (AvgIpc) is 2.96. The van der Waals surface area contributed by atoms with Gasteiger partial charge in [0.1, 0.15) is 0 Å². The number of nitrogens with one attached hydrogen (secondary N) is 1. The van der Waals surface area contributed by atoms with Crippen LogP contribution in [0.3, 0.4) is 0 Å². The van der Waals surface area contributed by atoms with E-state index in [1.807, 2.05) is 0 Å². The third-order valence-corrected chi connectivity index (χ3v) is 7.37. The highest BCUT2D eigenvalue weighted by molar-refractivity contribution is 5.92. The first-order valence-corrected chi connectivity index (χ1v) is 13.9. The van der Waals surface area contributed by atoms with Gasteiger partial charge in [-0.25, -0.2) is 0 Å². The molecule has 1 amide bonds. The molecule has 14 heteroatoms. The maximum atomic E-state index is 13.4. The highest BCUT2D eigenvalue weighted by atomic mass is 19.4. The summed E-state index contributed by atoms with van der Waals surface area (Å²) < 4.78 is 80.3. The summed E-state index contributed by atoms with van der Waals surface area (Å²) in [6.07, 6.45) is -4.22. The molecule has 2 heterocycles. The van der Waals surface area contributed by atoms with Crippen LogP contribution in [0.25, 0.3) is 0 Å². The number of halogens is 6. The topological polar surface area (TPSA) is 98.7 Å². The van der Waals surface area contributed by atoms with Crippen LogP contribution in [0.2, 0.25) is 0 Å². The molecule has 2 N–H and O–H groups in total. The molecule has 1 saturated carbocycles. The van der Waals surface area contributed by atoms with Crippen molar-refractivity contribution in [3.63, 3.8) is 0 Å². The predicted molar refractivity (Wildman–Crippen MR) is 148 cm³/mol. The first kappa shape index (κ1) is 32.9. The number of aliphatic carboxylic acids is 1. The maximum Gasteiger partial charge on any atom is 0.416 e. The van der Waals surface area contributed by atoms with Crippen molar-refractivity contribution in [2.45, 2.75) is 63.2 Å². The smallest absolute Gasteiger partial charge is 0.416 e. The Labute approximate surface area is 249 Å². The number of pyridine rings is 2. The van der Waals surface area contributed by atoms with Gasteiger partial charge in [-0.1, -0.05) is 25.0 Å². The van der Waals surface area contributed by atoms with Gasteiger partial charge in [0, 0.05) is 43.3 Å². The molecule has 44 heavy (non-hydrogen) atoms. The highest BCUT2D eigenvalue weighted by Crippen LogP contribution is 2.37. The summed E-state index contributed by atoms with van der Waals surface area (Å²) in [6, 6.07) is 10.7. The molecule has 4 rings (SSSR count). The van der Waals surface area contributed by atoms with E-state index in [0.717, 1.165) is 12.8 Å². The number of alkyl halides is 6. The van der Waals surface area contributed by atoms with Crippen LogP contribution in [-0.4, -0.2) is 61.9 Å². The Bertz CT molecular complexity index is 1370. The van der Waals surface area contributed by atoms with Crippen molar-refractivity contribution >= 4 is 17.6 Å². The average molecular weight is 624 g/mol. The van der Waals surface area contributed by atoms with E-state index >= 15 is 0 Å². The molecular formula is C30H31F6N5O3. The molecule has 1 unspecified atom stereocenters. The molecule has 0 bridgehead atoms. The fourth-order valence-corrected chi connectivity index (χ4v) is 5.51. The third-order valence-electron chi connectivity index (χ3n) is 7.37. The molecule has 1 aliphatic rings. The zero-order chi connectivity index (χ0) is 31.9. The molecule has 1 fully saturated rings. The normalized spacial score (nSPS) is 17.5. The summed E-state index contributed by atoms with van der Waals surface area (Å²) in [6.45, 7) is -0.329. The van der Waals surface area contributed by atoms with E-state index in [2.05, 4.69) is 15.3 Å². The van der Waals surface area contributed by atoms with Crippen LogP contribution in [0, 0.1) is 0 Å². The van der Waals surface area contributed by atoms with Gasteiger partial charge in [0.25, 0.3) is 0 Å². The number of benzene rings is 1. The van der Waals surface area contributed by atoms with Crippen LogP contribution < -0.4 is 5.32 Å². The van der Waals surface area contributed by atoms with Gasteiger partial charge >= 0.3 is 18.3 Å². The lowest BCUT2D eigenvalue weighted by Crippen LogP contribution is -2.55. The lowest BCUT2D eigenvalue weighted by molar-refractivity contribution is -0.143. The molecule has 8 nitrogen and oxygen atoms in total. The number of anilines is 1. The first-order valence-electron chi connectivity index (χ1n) is 13.9. The van der Waals surface area contributed by atoms with E-state index in [1.54, 1.807) is 58.6 Å². The molecule has 0 aliphatic heterocycles. The van der Waals surface area contributed by atoms with Crippen molar-refractivity contribution in [3.8, 4) is 0 Å². The fraction of sp³-hybridized carbons (Fsp3) is 0.400. The molecule has 2 atom stereocenters. The summed E-state index contributed by atoms with van der Waals surface area (Å²) in [7, 11) is 0. The summed E-state index contributed by atoms with van der Waals surface area (Å²) in [4.78, 5) is 37.3. The van der Waals surface area contributed by atoms with Crippen molar-refractivity contribution in [2.24, 2.45) is 0 Å². The van der Waals surface area contributed by atoms with E-state index in [9.17, 15) is 41.0 Å². The van der Waals surface area contributed by atoms with Gasteiger partial charge in [-0.2, -0.15) is 26.3 Å². The van der Waals surface area contributed by atoms with Gasteiger partial charge in [-0.15, -0.1) is 0 Å². The van der Waals surface area contributed by atoms with Crippen LogP contribution in [-0.2, 0) is 35.0 Å². The molecule has 1 aromatic carbocycles. The third kappa shape index (κ3) is 9.23. The Hall–Kier alpha value is -4.04. The van der Waals surface area contributed by atoms with E-state index in [0.29, 0.717) is 36.4 Å². The van der Waals surface area contributed by atoms with Crippen LogP contribution in [0.1, 0.15) is 48.2 Å². The quantitative estimate of drug-likeness (QED) is 0.259. The number of amides is 1. The Morgan fingerprint density at radius 3 is 1.66 bits per heavy atom. The van der Waals surface area contributed by atoms with Crippen LogP contribution in [0.4, 0.5) is 32.0 Å². The minimum atomic E-state index is -5.07. The largest absolute Gasteiger partial charge is 0.480 e. The summed E-state index contributed by atoms with van der Waals surface area (Å²) in [5.41, 5.74) is -2.49. The van der Waals surface area contributed by atoms with Crippen molar-refractivity contribution in [3.05, 3.63) is 89.5 Å². The minimum Gasteiger partial charge on any atom is -0.480 e. The molecule has 2 aromatic heterocycles. The number of carbonyl (C=O) groups is 2. The second-order valence-electron chi connectivity index (χ2n) is 10.6. The molecule has 0 spiro atoms. The van der Waals surface area contributed by atoms with Crippen molar-refractivity contribution < 1.29 is 41.0 Å². The Balaban J connectivity index is 1.63. The monoisotopic (exact) mass is 623 g/mol. The fourth-order valence-electron chi connectivity index (χ4n) is 5.51. The zero-order valence-electron chi connectivity index (χ0n) is 23.5. The lowest BCUT2D eigenvalue weighted by atomic mass is 9.87. The predicted octanol–water partition coefficient (Wildman–Crippen LogP) is 5.85. The summed E-state index contributed by atoms with van der Waals surface area (Å²) in [5, 5.41) is 11.9. The van der Waals surface area contributed by atoms with Gasteiger partial charge in [0.15, 0.2) is 0 Å². The number of aromatic nitrogens is 2. The van der Waals surface area contributed by atoms with Crippen molar-refractivity contribution in [1.29, 1.82) is 0 Å². The highest BCUT2D eigenvalue weighted by Gasteiger charge is 2.38. The van der Waals surface area contributed by atoms with Gasteiger partial charge in [-0.05, 0) is 55.3 Å². The van der Waals surface area contributed by atoms with Crippen LogP contribution >= 0.6 is 0 Å². The number of rotatable bonds is 11. The lowest BCUT2D eigenvalue weighted by Gasteiger charge is -2.44. The number of carboxylic acid groups (broad SMARTS) is 1. The van der Waals surface area contributed by atoms with Crippen molar-refractivity contribution in [2.75, 3.05) is 18.4 Å². The minimum absolute atomic E-state index is 0.00567. The molecule has 0 saturated heterocycles. The van der Waals surface area contributed by atoms with Gasteiger partial charge in [0.05, 0.1) is 35.6 Å². The Kier molecular flexibility index (Phi) is 10.6. The summed E-state index contributed by atoms with van der Waals surface area (Å²) in [5.74, 6) is -1.88. The van der Waals surface area contributed by atoms with Gasteiger partial charge < -0.3 is 10.4 Å². The molecule has 236 valence electrons. The molecule has 3 aromatic rings. The van der Waals surface area contributed by atoms with Gasteiger partial charge in [0.2, 0.25) is 5.91 Å². The Morgan fingerprint density at radius 2 is 1.25 bits per heavy atom. The van der Waals surface area contributed by atoms with Crippen LogP contribution in [0.5, 0.6) is 0 Å². The number of carbonyl (C=O) groups excluding carboxylic acids is 1. The van der Waals surface area contributed by atoms with E-state index in [1.165, 1.54) is 0 Å². The summed E-state index contributed by atoms with van der Waals surface area (Å²) >= 11 is 0. The molecule has 1 aliphatic carbocycles. The first-order chi connectivity index (χ1) is 20.8. The van der Waals surface area contributed by atoms with Crippen molar-refractivity contribution in [1.82, 2.24) is 19.8 Å². The number of hydrogen-bond donors (Lipinski definition) is 2. The van der Waals surface area contributed by atoms with Gasteiger partial charge in [-0.3, -0.25) is 29.4 Å². The van der Waals surface area contributed by atoms with Crippen LogP contribution in [0.15, 0.2) is 67.0 Å². The number of nitrogens with zero attached hydrogens (tertiary/aromatic N) is 4. The Morgan fingerprint density at radius 1 is 0.773 bits per heavy atom.